The second-order valence-corrected chi connectivity index (χ2v) is 5.43. The van der Waals surface area contributed by atoms with Gasteiger partial charge in [-0.2, -0.15) is 11.3 Å². The Hall–Kier alpha value is -0.380. The molecule has 1 N–H and O–H groups in total. The summed E-state index contributed by atoms with van der Waals surface area (Å²) in [6.07, 6.45) is 5.45. The molecule has 0 radical (unpaired) electrons. The molecule has 2 rings (SSSR count). The van der Waals surface area contributed by atoms with Crippen molar-refractivity contribution in [3.8, 4) is 0 Å². The predicted molar refractivity (Wildman–Crippen MR) is 68.9 cm³/mol. The van der Waals surface area contributed by atoms with Gasteiger partial charge < -0.3 is 10.1 Å². The van der Waals surface area contributed by atoms with Crippen LogP contribution in [0, 0.1) is 6.92 Å². The van der Waals surface area contributed by atoms with Crippen LogP contribution in [0.3, 0.4) is 0 Å². The van der Waals surface area contributed by atoms with Crippen molar-refractivity contribution in [3.05, 3.63) is 21.9 Å². The van der Waals surface area contributed by atoms with E-state index < -0.39 is 0 Å². The third-order valence-electron chi connectivity index (χ3n) is 3.50. The van der Waals surface area contributed by atoms with Crippen molar-refractivity contribution in [2.24, 2.45) is 0 Å². The molecule has 2 nitrogen and oxygen atoms in total. The predicted octanol–water partition coefficient (Wildman–Crippen LogP) is 3.10. The van der Waals surface area contributed by atoms with Crippen molar-refractivity contribution in [3.63, 3.8) is 0 Å². The van der Waals surface area contributed by atoms with Gasteiger partial charge in [-0.05, 0) is 54.5 Å². The SMILES string of the molecule is COC1CCCC(NCc2cscc2C)C1. The average Bonchev–Trinajstić information content (AvgIpc) is 2.72. The molecule has 90 valence electrons. The van der Waals surface area contributed by atoms with Gasteiger partial charge in [0, 0.05) is 19.7 Å². The summed E-state index contributed by atoms with van der Waals surface area (Å²) in [6.45, 7) is 3.20. The number of aryl methyl sites for hydroxylation is 1. The lowest BCUT2D eigenvalue weighted by Gasteiger charge is -2.29. The summed E-state index contributed by atoms with van der Waals surface area (Å²) in [5.74, 6) is 0. The van der Waals surface area contributed by atoms with Crippen LogP contribution in [0.1, 0.15) is 36.8 Å². The van der Waals surface area contributed by atoms with Crippen LogP contribution in [0.15, 0.2) is 10.8 Å². The van der Waals surface area contributed by atoms with Gasteiger partial charge in [0.05, 0.1) is 6.10 Å². The third kappa shape index (κ3) is 3.06. The molecule has 1 fully saturated rings. The van der Waals surface area contributed by atoms with Crippen LogP contribution in [0.2, 0.25) is 0 Å². The maximum Gasteiger partial charge on any atom is 0.0586 e. The van der Waals surface area contributed by atoms with Gasteiger partial charge in [0.15, 0.2) is 0 Å². The first-order valence-electron chi connectivity index (χ1n) is 6.07. The molecule has 0 aliphatic heterocycles. The van der Waals surface area contributed by atoms with E-state index in [1.165, 1.54) is 36.8 Å². The first-order valence-corrected chi connectivity index (χ1v) is 7.01. The second kappa shape index (κ2) is 5.80. The smallest absolute Gasteiger partial charge is 0.0586 e. The van der Waals surface area contributed by atoms with Crippen LogP contribution in [0.25, 0.3) is 0 Å². The maximum absolute atomic E-state index is 5.44. The normalized spacial score (nSPS) is 25.9. The zero-order valence-corrected chi connectivity index (χ0v) is 11.0. The fraction of sp³-hybridized carbons (Fsp3) is 0.692. The van der Waals surface area contributed by atoms with Crippen molar-refractivity contribution in [2.75, 3.05) is 7.11 Å². The molecule has 2 atom stereocenters. The minimum absolute atomic E-state index is 0.467. The van der Waals surface area contributed by atoms with Gasteiger partial charge in [-0.1, -0.05) is 0 Å². The molecule has 0 spiro atoms. The first kappa shape index (κ1) is 12.1. The molecule has 1 heterocycles. The summed E-state index contributed by atoms with van der Waals surface area (Å²) in [5, 5.41) is 8.12. The zero-order valence-electron chi connectivity index (χ0n) is 10.2. The fourth-order valence-corrected chi connectivity index (χ4v) is 3.22. The van der Waals surface area contributed by atoms with Crippen LogP contribution in [-0.4, -0.2) is 19.3 Å². The number of thiophene rings is 1. The minimum atomic E-state index is 0.467. The molecule has 3 heteroatoms. The summed E-state index contributed by atoms with van der Waals surface area (Å²) in [4.78, 5) is 0. The molecule has 0 saturated heterocycles. The van der Waals surface area contributed by atoms with E-state index in [1.54, 1.807) is 11.3 Å². The zero-order chi connectivity index (χ0) is 11.4. The number of methoxy groups -OCH3 is 1. The molecule has 16 heavy (non-hydrogen) atoms. The van der Waals surface area contributed by atoms with Gasteiger partial charge >= 0.3 is 0 Å². The highest BCUT2D eigenvalue weighted by Crippen LogP contribution is 2.21. The van der Waals surface area contributed by atoms with E-state index in [2.05, 4.69) is 23.0 Å². The van der Waals surface area contributed by atoms with Gasteiger partial charge in [0.2, 0.25) is 0 Å². The Kier molecular flexibility index (Phi) is 4.38. The largest absolute Gasteiger partial charge is 0.381 e. The maximum atomic E-state index is 5.44. The standard InChI is InChI=1S/C13H21NOS/c1-10-8-16-9-11(10)7-14-12-4-3-5-13(6-12)15-2/h8-9,12-14H,3-7H2,1-2H3. The van der Waals surface area contributed by atoms with E-state index in [0.29, 0.717) is 12.1 Å². The van der Waals surface area contributed by atoms with Crippen LogP contribution in [0.5, 0.6) is 0 Å². The lowest BCUT2D eigenvalue weighted by molar-refractivity contribution is 0.0586. The Morgan fingerprint density at radius 1 is 1.44 bits per heavy atom. The van der Waals surface area contributed by atoms with Crippen molar-refractivity contribution in [1.82, 2.24) is 5.32 Å². The highest BCUT2D eigenvalue weighted by Gasteiger charge is 2.21. The summed E-state index contributed by atoms with van der Waals surface area (Å²) in [5.41, 5.74) is 2.86. The molecular formula is C13H21NOS. The molecule has 0 aromatic carbocycles. The molecule has 2 unspecified atom stereocenters. The third-order valence-corrected chi connectivity index (χ3v) is 4.41. The number of ether oxygens (including phenoxy) is 1. The lowest BCUT2D eigenvalue weighted by atomic mass is 9.92. The molecule has 0 amide bonds. The monoisotopic (exact) mass is 239 g/mol. The van der Waals surface area contributed by atoms with Gasteiger partial charge in [0.1, 0.15) is 0 Å². The van der Waals surface area contributed by atoms with E-state index in [4.69, 9.17) is 4.74 Å². The fourth-order valence-electron chi connectivity index (χ4n) is 2.37. The highest BCUT2D eigenvalue weighted by molar-refractivity contribution is 7.08. The summed E-state index contributed by atoms with van der Waals surface area (Å²) < 4.78 is 5.44. The molecule has 0 bridgehead atoms. The quantitative estimate of drug-likeness (QED) is 0.871. The second-order valence-electron chi connectivity index (χ2n) is 4.68. The van der Waals surface area contributed by atoms with Gasteiger partial charge in [-0.15, -0.1) is 0 Å². The van der Waals surface area contributed by atoms with Gasteiger partial charge in [0.25, 0.3) is 0 Å². The number of hydrogen-bond donors (Lipinski definition) is 1. The Morgan fingerprint density at radius 3 is 3.00 bits per heavy atom. The minimum Gasteiger partial charge on any atom is -0.381 e. The molecular weight excluding hydrogens is 218 g/mol. The molecule has 1 saturated carbocycles. The van der Waals surface area contributed by atoms with Gasteiger partial charge in [-0.3, -0.25) is 0 Å². The number of nitrogens with one attached hydrogen (secondary N) is 1. The Morgan fingerprint density at radius 2 is 2.31 bits per heavy atom. The Bertz CT molecular complexity index is 323. The summed E-state index contributed by atoms with van der Waals surface area (Å²) in [7, 11) is 1.83. The molecule has 1 aliphatic carbocycles. The average molecular weight is 239 g/mol. The van der Waals surface area contributed by atoms with Crippen molar-refractivity contribution in [2.45, 2.75) is 51.3 Å². The van der Waals surface area contributed by atoms with Gasteiger partial charge in [-0.25, -0.2) is 0 Å². The van der Waals surface area contributed by atoms with E-state index in [0.717, 1.165) is 6.54 Å². The van der Waals surface area contributed by atoms with Crippen LogP contribution < -0.4 is 5.32 Å². The van der Waals surface area contributed by atoms with Crippen molar-refractivity contribution in [1.29, 1.82) is 0 Å². The Labute approximate surface area is 102 Å². The molecule has 1 aromatic heterocycles. The van der Waals surface area contributed by atoms with Crippen LogP contribution in [-0.2, 0) is 11.3 Å². The molecule has 1 aromatic rings. The van der Waals surface area contributed by atoms with E-state index in [1.807, 2.05) is 7.11 Å². The van der Waals surface area contributed by atoms with E-state index in [-0.39, 0.29) is 0 Å². The van der Waals surface area contributed by atoms with Crippen LogP contribution >= 0.6 is 11.3 Å². The van der Waals surface area contributed by atoms with Crippen molar-refractivity contribution < 1.29 is 4.74 Å². The number of rotatable bonds is 4. The number of hydrogen-bond acceptors (Lipinski definition) is 3. The van der Waals surface area contributed by atoms with Crippen LogP contribution in [0.4, 0.5) is 0 Å². The molecule has 1 aliphatic rings. The first-order chi connectivity index (χ1) is 7.79. The van der Waals surface area contributed by atoms with E-state index >= 15 is 0 Å². The van der Waals surface area contributed by atoms with Crippen molar-refractivity contribution >= 4 is 11.3 Å². The van der Waals surface area contributed by atoms with E-state index in [9.17, 15) is 0 Å². The lowest BCUT2D eigenvalue weighted by Crippen LogP contribution is -2.36. The highest BCUT2D eigenvalue weighted by atomic mass is 32.1. The summed E-state index contributed by atoms with van der Waals surface area (Å²) >= 11 is 1.79. The Balaban J connectivity index is 1.79. The summed E-state index contributed by atoms with van der Waals surface area (Å²) in [6, 6.07) is 0.637. The topological polar surface area (TPSA) is 21.3 Å².